The standard InChI is InChI=1S/C23H34N2O3/c1-5-17-10-9-11-18-19-12-15-28-20(16-21(26)27-8-4)23(19)25(22(17)18)14-13-24(6-2)7-3/h9-11,20H,5-8,12-16H2,1-4H3. The second kappa shape index (κ2) is 9.57. The van der Waals surface area contributed by atoms with Crippen molar-refractivity contribution in [2.45, 2.75) is 59.6 Å². The van der Waals surface area contributed by atoms with Crippen molar-refractivity contribution in [1.29, 1.82) is 0 Å². The number of nitrogens with zero attached hydrogens (tertiary/aromatic N) is 2. The van der Waals surface area contributed by atoms with Crippen molar-refractivity contribution in [2.24, 2.45) is 0 Å². The summed E-state index contributed by atoms with van der Waals surface area (Å²) in [5.74, 6) is -0.184. The smallest absolute Gasteiger partial charge is 0.308 e. The van der Waals surface area contributed by atoms with Crippen molar-refractivity contribution >= 4 is 16.9 Å². The first kappa shape index (κ1) is 20.9. The minimum atomic E-state index is -0.225. The zero-order valence-corrected chi connectivity index (χ0v) is 17.8. The molecule has 1 unspecified atom stereocenters. The van der Waals surface area contributed by atoms with Crippen LogP contribution in [0.2, 0.25) is 0 Å². The van der Waals surface area contributed by atoms with Gasteiger partial charge in [0.15, 0.2) is 0 Å². The van der Waals surface area contributed by atoms with Crippen LogP contribution in [0.5, 0.6) is 0 Å². The summed E-state index contributed by atoms with van der Waals surface area (Å²) < 4.78 is 13.7. The Balaban J connectivity index is 2.07. The summed E-state index contributed by atoms with van der Waals surface area (Å²) in [6, 6.07) is 6.61. The summed E-state index contributed by atoms with van der Waals surface area (Å²) in [5.41, 5.74) is 5.22. The van der Waals surface area contributed by atoms with Crippen LogP contribution in [0.15, 0.2) is 18.2 Å². The summed E-state index contributed by atoms with van der Waals surface area (Å²) in [5, 5.41) is 1.33. The van der Waals surface area contributed by atoms with E-state index >= 15 is 0 Å². The van der Waals surface area contributed by atoms with Gasteiger partial charge in [-0.15, -0.1) is 0 Å². The van der Waals surface area contributed by atoms with Gasteiger partial charge in [-0.05, 0) is 44.0 Å². The molecule has 2 heterocycles. The van der Waals surface area contributed by atoms with Gasteiger partial charge < -0.3 is 18.9 Å². The number of hydrogen-bond acceptors (Lipinski definition) is 4. The highest BCUT2D eigenvalue weighted by Gasteiger charge is 2.31. The van der Waals surface area contributed by atoms with Crippen LogP contribution in [0.3, 0.4) is 0 Å². The van der Waals surface area contributed by atoms with Crippen LogP contribution in [-0.4, -0.2) is 48.3 Å². The fourth-order valence-electron chi connectivity index (χ4n) is 4.41. The predicted molar refractivity (Wildman–Crippen MR) is 113 cm³/mol. The molecule has 1 aliphatic rings. The van der Waals surface area contributed by atoms with Gasteiger partial charge in [0, 0.05) is 18.5 Å². The van der Waals surface area contributed by atoms with Gasteiger partial charge in [-0.25, -0.2) is 0 Å². The van der Waals surface area contributed by atoms with E-state index in [9.17, 15) is 4.79 Å². The zero-order chi connectivity index (χ0) is 20.1. The largest absolute Gasteiger partial charge is 0.466 e. The quantitative estimate of drug-likeness (QED) is 0.608. The third-order valence-corrected chi connectivity index (χ3v) is 5.86. The van der Waals surface area contributed by atoms with Crippen LogP contribution in [0.4, 0.5) is 0 Å². The van der Waals surface area contributed by atoms with Crippen molar-refractivity contribution in [3.63, 3.8) is 0 Å². The Morgan fingerprint density at radius 2 is 2.04 bits per heavy atom. The van der Waals surface area contributed by atoms with Crippen molar-refractivity contribution in [3.05, 3.63) is 35.0 Å². The molecule has 0 amide bonds. The molecule has 3 rings (SSSR count). The zero-order valence-electron chi connectivity index (χ0n) is 17.8. The molecule has 1 atom stereocenters. The molecule has 0 aliphatic carbocycles. The second-order valence-corrected chi connectivity index (χ2v) is 7.33. The Morgan fingerprint density at radius 3 is 2.71 bits per heavy atom. The number of fused-ring (bicyclic) bond motifs is 3. The van der Waals surface area contributed by atoms with Gasteiger partial charge in [0.1, 0.15) is 6.10 Å². The molecule has 5 nitrogen and oxygen atoms in total. The lowest BCUT2D eigenvalue weighted by molar-refractivity contribution is -0.146. The van der Waals surface area contributed by atoms with E-state index in [4.69, 9.17) is 9.47 Å². The third-order valence-electron chi connectivity index (χ3n) is 5.86. The number of ether oxygens (including phenoxy) is 2. The maximum atomic E-state index is 12.2. The Hall–Kier alpha value is -1.85. The second-order valence-electron chi connectivity index (χ2n) is 7.33. The molecule has 0 saturated carbocycles. The van der Waals surface area contributed by atoms with Gasteiger partial charge in [-0.2, -0.15) is 0 Å². The molecule has 0 radical (unpaired) electrons. The Labute approximate surface area is 168 Å². The minimum Gasteiger partial charge on any atom is -0.466 e. The molecule has 0 bridgehead atoms. The van der Waals surface area contributed by atoms with Crippen molar-refractivity contribution in [3.8, 4) is 0 Å². The molecule has 1 aromatic carbocycles. The highest BCUT2D eigenvalue weighted by molar-refractivity contribution is 5.89. The van der Waals surface area contributed by atoms with Crippen LogP contribution < -0.4 is 0 Å². The molecule has 1 aliphatic heterocycles. The van der Waals surface area contributed by atoms with Crippen molar-refractivity contribution < 1.29 is 14.3 Å². The molecule has 154 valence electrons. The fourth-order valence-corrected chi connectivity index (χ4v) is 4.41. The van der Waals surface area contributed by atoms with Gasteiger partial charge in [-0.1, -0.05) is 39.0 Å². The van der Waals surface area contributed by atoms with E-state index in [-0.39, 0.29) is 18.5 Å². The number of aryl methyl sites for hydroxylation is 1. The van der Waals surface area contributed by atoms with Crippen LogP contribution in [-0.2, 0) is 33.7 Å². The lowest BCUT2D eigenvalue weighted by atomic mass is 9.99. The Morgan fingerprint density at radius 1 is 1.25 bits per heavy atom. The number of likely N-dealkylation sites (N-methyl/N-ethyl adjacent to an activating group) is 1. The van der Waals surface area contributed by atoms with E-state index in [0.29, 0.717) is 13.2 Å². The van der Waals surface area contributed by atoms with Crippen LogP contribution in [0, 0.1) is 0 Å². The number of carbonyl (C=O) groups excluding carboxylic acids is 1. The number of para-hydroxylation sites is 1. The highest BCUT2D eigenvalue weighted by atomic mass is 16.5. The molecular weight excluding hydrogens is 352 g/mol. The Bertz CT molecular complexity index is 808. The third kappa shape index (κ3) is 4.11. The van der Waals surface area contributed by atoms with E-state index in [1.165, 1.54) is 27.7 Å². The first-order valence-electron chi connectivity index (χ1n) is 10.8. The first-order valence-corrected chi connectivity index (χ1v) is 10.8. The molecular formula is C23H34N2O3. The summed E-state index contributed by atoms with van der Waals surface area (Å²) in [4.78, 5) is 14.7. The number of esters is 1. The van der Waals surface area contributed by atoms with Crippen molar-refractivity contribution in [2.75, 3.05) is 32.8 Å². The Kier molecular flexibility index (Phi) is 7.13. The van der Waals surface area contributed by atoms with Crippen LogP contribution >= 0.6 is 0 Å². The first-order chi connectivity index (χ1) is 13.6. The predicted octanol–water partition coefficient (Wildman–Crippen LogP) is 4.11. The number of rotatable bonds is 9. The van der Waals surface area contributed by atoms with Gasteiger partial charge in [0.25, 0.3) is 0 Å². The summed E-state index contributed by atoms with van der Waals surface area (Å²) in [6.45, 7) is 13.5. The molecule has 0 N–H and O–H groups in total. The maximum absolute atomic E-state index is 12.2. The van der Waals surface area contributed by atoms with Gasteiger partial charge >= 0.3 is 5.97 Å². The average Bonchev–Trinajstić information content (AvgIpc) is 3.04. The van der Waals surface area contributed by atoms with Gasteiger partial charge in [0.2, 0.25) is 0 Å². The average molecular weight is 387 g/mol. The van der Waals surface area contributed by atoms with Crippen molar-refractivity contribution in [1.82, 2.24) is 9.47 Å². The van der Waals surface area contributed by atoms with Crippen LogP contribution in [0.25, 0.3) is 10.9 Å². The topological polar surface area (TPSA) is 43.7 Å². The lowest BCUT2D eigenvalue weighted by Gasteiger charge is -2.27. The van der Waals surface area contributed by atoms with Crippen LogP contribution in [0.1, 0.15) is 57.0 Å². The fraction of sp³-hybridized carbons (Fsp3) is 0.609. The highest BCUT2D eigenvalue weighted by Crippen LogP contribution is 2.38. The summed E-state index contributed by atoms with van der Waals surface area (Å²) in [7, 11) is 0. The van der Waals surface area contributed by atoms with E-state index < -0.39 is 0 Å². The monoisotopic (exact) mass is 386 g/mol. The SMILES string of the molecule is CCOC(=O)CC1OCCc2c1n(CCN(CC)CC)c1c(CC)cccc21. The summed E-state index contributed by atoms with van der Waals surface area (Å²) in [6.07, 6.45) is 1.95. The number of hydrogen-bond donors (Lipinski definition) is 0. The minimum absolute atomic E-state index is 0.184. The molecule has 28 heavy (non-hydrogen) atoms. The van der Waals surface area contributed by atoms with Gasteiger partial charge in [-0.3, -0.25) is 4.79 Å². The van der Waals surface area contributed by atoms with E-state index in [2.05, 4.69) is 48.4 Å². The molecule has 0 fully saturated rings. The lowest BCUT2D eigenvalue weighted by Crippen LogP contribution is -2.29. The normalized spacial score (nSPS) is 16.5. The molecule has 1 aromatic heterocycles. The molecule has 2 aromatic rings. The van der Waals surface area contributed by atoms with Gasteiger partial charge in [0.05, 0.1) is 30.8 Å². The number of benzene rings is 1. The molecule has 0 spiro atoms. The number of aromatic nitrogens is 1. The summed E-state index contributed by atoms with van der Waals surface area (Å²) >= 11 is 0. The molecule has 0 saturated heterocycles. The van der Waals surface area contributed by atoms with E-state index in [1.807, 2.05) is 6.92 Å². The maximum Gasteiger partial charge on any atom is 0.308 e. The molecule has 5 heteroatoms. The van der Waals surface area contributed by atoms with E-state index in [1.54, 1.807) is 0 Å². The van der Waals surface area contributed by atoms with E-state index in [0.717, 1.165) is 39.0 Å². The number of carbonyl (C=O) groups is 1.